The number of aliphatic hydroxyl groups excluding tert-OH is 11. The second kappa shape index (κ2) is 10.6. The van der Waals surface area contributed by atoms with Crippen molar-refractivity contribution in [2.24, 2.45) is 0 Å². The van der Waals surface area contributed by atoms with Gasteiger partial charge in [-0.05, 0) is 0 Å². The number of ether oxygens (including phenoxy) is 4. The van der Waals surface area contributed by atoms with Crippen molar-refractivity contribution in [2.45, 2.75) is 91.1 Å². The topological polar surface area (TPSA) is 300 Å². The first-order valence-corrected chi connectivity index (χ1v) is 10.7. The van der Waals surface area contributed by atoms with Crippen molar-refractivity contribution < 1.29 is 85.3 Å². The molecule has 3 fully saturated rings. The Hall–Kier alpha value is -0.680. The molecule has 0 amide bonds. The van der Waals surface area contributed by atoms with Crippen LogP contribution in [0.4, 0.5) is 0 Å². The maximum atomic E-state index is 11.0. The van der Waals surface area contributed by atoms with Gasteiger partial charge in [-0.25, -0.2) is 0 Å². The van der Waals surface area contributed by atoms with Gasteiger partial charge in [-0.1, -0.05) is 0 Å². The molecule has 13 N–H and O–H groups in total. The Morgan fingerprint density at radius 1 is 0.543 bits per heavy atom. The van der Waals surface area contributed by atoms with E-state index in [-0.39, 0.29) is 0 Å². The van der Waals surface area contributed by atoms with Crippen LogP contribution >= 0.6 is 0 Å². The molecule has 3 aliphatic rings. The smallest absolute Gasteiger partial charge is 0.254 e. The summed E-state index contributed by atoms with van der Waals surface area (Å²) >= 11 is 0. The van der Waals surface area contributed by atoms with E-state index in [1.165, 1.54) is 0 Å². The van der Waals surface area contributed by atoms with E-state index in [0.29, 0.717) is 0 Å². The molecular weight excluding hydrogens is 488 g/mol. The summed E-state index contributed by atoms with van der Waals surface area (Å²) in [6, 6.07) is 0. The summed E-state index contributed by atoms with van der Waals surface area (Å²) in [6.45, 7) is -2.70. The Kier molecular flexibility index (Phi) is 8.74. The molecule has 35 heavy (non-hydrogen) atoms. The van der Waals surface area contributed by atoms with Crippen molar-refractivity contribution in [3.8, 4) is 0 Å². The predicted octanol–water partition coefficient (Wildman–Crippen LogP) is -8.86. The molecule has 0 radical (unpaired) electrons. The molecule has 15 atom stereocenters. The normalized spacial score (nSPS) is 55.6. The molecule has 3 saturated heterocycles. The van der Waals surface area contributed by atoms with Gasteiger partial charge in [-0.2, -0.15) is 0 Å². The fourth-order valence-corrected chi connectivity index (χ4v) is 4.28. The predicted molar refractivity (Wildman–Crippen MR) is 102 cm³/mol. The van der Waals surface area contributed by atoms with Gasteiger partial charge in [0, 0.05) is 0 Å². The molecule has 0 aromatic heterocycles. The van der Waals surface area contributed by atoms with Crippen LogP contribution in [0.15, 0.2) is 0 Å². The molecule has 17 nitrogen and oxygen atoms in total. The summed E-state index contributed by atoms with van der Waals surface area (Å²) in [6.07, 6.45) is -25.8. The molecule has 3 rings (SSSR count). The molecule has 0 aliphatic carbocycles. The molecule has 0 saturated carbocycles. The van der Waals surface area contributed by atoms with Crippen LogP contribution in [-0.2, 0) is 18.9 Å². The summed E-state index contributed by atoms with van der Waals surface area (Å²) in [5.41, 5.74) is 0. The van der Waals surface area contributed by atoms with Crippen molar-refractivity contribution in [1.29, 1.82) is 0 Å². The lowest BCUT2D eigenvalue weighted by molar-refractivity contribution is -0.491. The monoisotopic (exact) mass is 520 g/mol. The van der Waals surface area contributed by atoms with Crippen LogP contribution < -0.4 is 0 Å². The third kappa shape index (κ3) is 4.71. The van der Waals surface area contributed by atoms with Crippen LogP contribution in [0.1, 0.15) is 0 Å². The first-order valence-electron chi connectivity index (χ1n) is 10.7. The zero-order valence-corrected chi connectivity index (χ0v) is 18.1. The summed E-state index contributed by atoms with van der Waals surface area (Å²) in [5.74, 6) is -7.00. The number of hydrogen-bond acceptors (Lipinski definition) is 17. The molecule has 17 heteroatoms. The maximum Gasteiger partial charge on any atom is 0.254 e. The highest BCUT2D eigenvalue weighted by Crippen LogP contribution is 2.43. The van der Waals surface area contributed by atoms with Gasteiger partial charge < -0.3 is 85.3 Å². The van der Waals surface area contributed by atoms with E-state index in [0.717, 1.165) is 0 Å². The molecule has 0 aromatic rings. The highest BCUT2D eigenvalue weighted by Gasteiger charge is 2.71. The molecule has 206 valence electrons. The minimum Gasteiger partial charge on any atom is -0.394 e. The molecule has 3 heterocycles. The quantitative estimate of drug-likeness (QED) is 0.155. The van der Waals surface area contributed by atoms with Crippen LogP contribution in [0.2, 0.25) is 0 Å². The Morgan fingerprint density at radius 3 is 1.46 bits per heavy atom. The Labute approximate surface area is 197 Å². The Morgan fingerprint density at radius 2 is 0.971 bits per heavy atom. The van der Waals surface area contributed by atoms with Crippen LogP contribution in [0.5, 0.6) is 0 Å². The summed E-state index contributed by atoms with van der Waals surface area (Å²) in [5, 5.41) is 131. The van der Waals surface area contributed by atoms with Gasteiger partial charge in [0.25, 0.3) is 11.6 Å². The van der Waals surface area contributed by atoms with Crippen LogP contribution in [0, 0.1) is 0 Å². The third-order valence-corrected chi connectivity index (χ3v) is 6.54. The molecular formula is C18H32O17. The lowest BCUT2D eigenvalue weighted by Crippen LogP contribution is -2.81. The van der Waals surface area contributed by atoms with E-state index in [1.807, 2.05) is 0 Å². The van der Waals surface area contributed by atoms with E-state index in [9.17, 15) is 66.4 Å². The van der Waals surface area contributed by atoms with Crippen LogP contribution in [-0.4, -0.2) is 177 Å². The number of hydrogen-bond donors (Lipinski definition) is 13. The molecule has 3 aliphatic heterocycles. The second-order valence-electron chi connectivity index (χ2n) is 8.77. The van der Waals surface area contributed by atoms with E-state index in [4.69, 9.17) is 18.9 Å². The second-order valence-corrected chi connectivity index (χ2v) is 8.77. The van der Waals surface area contributed by atoms with E-state index in [1.54, 1.807) is 0 Å². The van der Waals surface area contributed by atoms with Gasteiger partial charge in [-0.15, -0.1) is 0 Å². The van der Waals surface area contributed by atoms with Gasteiger partial charge in [-0.3, -0.25) is 0 Å². The SMILES string of the molecule is OCC1O[C@H](OC[C@H]2O[C@@](O)([C@]3(O)O[C@H](CO)[C@@H](O)[C@H](O)[C@@H]3O)[C@H](O)[C@@H](O)[C@@H]2O)C(O)[C@@H](O)C1O. The Balaban J connectivity index is 1.82. The number of rotatable bonds is 6. The standard InChI is InChI=1S/C18H32O17/c19-1-4-7(21)10(24)13(27)16(33-4)32-3-6-9(23)12(26)15(29)18(31,35-6)17(30)14(28)11(25)8(22)5(2-20)34-17/h4-16,19-31H,1-3H2/t4?,5-,6-,7?,8-,9-,10+,11+,12+,13?,14+,15-,16+,17-,18-/m1/s1. The minimum atomic E-state index is -3.51. The highest BCUT2D eigenvalue weighted by molar-refractivity contribution is 5.10. The van der Waals surface area contributed by atoms with Gasteiger partial charge in [0.05, 0.1) is 19.8 Å². The number of aliphatic hydroxyl groups is 13. The first kappa shape index (κ1) is 28.9. The first-order chi connectivity index (χ1) is 16.2. The average Bonchev–Trinajstić information content (AvgIpc) is 2.84. The van der Waals surface area contributed by atoms with Crippen molar-refractivity contribution in [2.75, 3.05) is 19.8 Å². The summed E-state index contributed by atoms with van der Waals surface area (Å²) < 4.78 is 20.4. The third-order valence-electron chi connectivity index (χ3n) is 6.54. The van der Waals surface area contributed by atoms with Crippen molar-refractivity contribution in [3.05, 3.63) is 0 Å². The highest BCUT2D eigenvalue weighted by atomic mass is 16.8. The van der Waals surface area contributed by atoms with Gasteiger partial charge in [0.2, 0.25) is 0 Å². The van der Waals surface area contributed by atoms with E-state index in [2.05, 4.69) is 0 Å². The maximum absolute atomic E-state index is 11.0. The molecule has 0 bridgehead atoms. The minimum absolute atomic E-state index is 0.777. The van der Waals surface area contributed by atoms with Crippen LogP contribution in [0.25, 0.3) is 0 Å². The molecule has 3 unspecified atom stereocenters. The summed E-state index contributed by atoms with van der Waals surface area (Å²) in [4.78, 5) is 0. The van der Waals surface area contributed by atoms with Crippen molar-refractivity contribution >= 4 is 0 Å². The molecule has 0 aromatic carbocycles. The van der Waals surface area contributed by atoms with Gasteiger partial charge in [0.15, 0.2) is 6.29 Å². The van der Waals surface area contributed by atoms with Gasteiger partial charge in [0.1, 0.15) is 73.2 Å². The van der Waals surface area contributed by atoms with Crippen molar-refractivity contribution in [1.82, 2.24) is 0 Å². The van der Waals surface area contributed by atoms with Crippen LogP contribution in [0.3, 0.4) is 0 Å². The van der Waals surface area contributed by atoms with E-state index < -0.39 is 111 Å². The fraction of sp³-hybridized carbons (Fsp3) is 1.00. The lowest BCUT2D eigenvalue weighted by atomic mass is 9.80. The largest absolute Gasteiger partial charge is 0.394 e. The average molecular weight is 520 g/mol. The molecule has 0 spiro atoms. The lowest BCUT2D eigenvalue weighted by Gasteiger charge is -2.56. The zero-order chi connectivity index (χ0) is 26.5. The van der Waals surface area contributed by atoms with Gasteiger partial charge >= 0.3 is 0 Å². The Bertz CT molecular complexity index is 711. The van der Waals surface area contributed by atoms with E-state index >= 15 is 0 Å². The zero-order valence-electron chi connectivity index (χ0n) is 18.1. The summed E-state index contributed by atoms with van der Waals surface area (Å²) in [7, 11) is 0. The van der Waals surface area contributed by atoms with Crippen molar-refractivity contribution in [3.63, 3.8) is 0 Å². The fourth-order valence-electron chi connectivity index (χ4n) is 4.28.